The van der Waals surface area contributed by atoms with E-state index in [0.29, 0.717) is 0 Å². The number of rotatable bonds is 4. The van der Waals surface area contributed by atoms with Gasteiger partial charge in [0.1, 0.15) is 5.75 Å². The fourth-order valence-corrected chi connectivity index (χ4v) is 2.38. The van der Waals surface area contributed by atoms with Gasteiger partial charge in [0, 0.05) is 17.9 Å². The Bertz CT molecular complexity index is 707. The molecule has 0 aliphatic rings. The van der Waals surface area contributed by atoms with E-state index in [0.717, 1.165) is 18.7 Å². The van der Waals surface area contributed by atoms with Gasteiger partial charge in [-0.3, -0.25) is 0 Å². The van der Waals surface area contributed by atoms with Gasteiger partial charge in [0.25, 0.3) is 0 Å². The number of pyridine rings is 1. The lowest BCUT2D eigenvalue weighted by molar-refractivity contribution is -0.695. The van der Waals surface area contributed by atoms with Gasteiger partial charge in [-0.15, -0.1) is 0 Å². The van der Waals surface area contributed by atoms with Crippen molar-refractivity contribution < 1.29 is 9.30 Å². The Labute approximate surface area is 119 Å². The maximum atomic E-state index is 5.28. The first-order valence-electron chi connectivity index (χ1n) is 6.86. The predicted molar refractivity (Wildman–Crippen MR) is 80.8 cm³/mol. The highest BCUT2D eigenvalue weighted by Gasteiger charge is 2.05. The molecule has 0 spiro atoms. The quantitative estimate of drug-likeness (QED) is 0.658. The third-order valence-corrected chi connectivity index (χ3v) is 3.55. The molecule has 0 amide bonds. The Morgan fingerprint density at radius 3 is 2.60 bits per heavy atom. The van der Waals surface area contributed by atoms with Gasteiger partial charge < -0.3 is 4.74 Å². The van der Waals surface area contributed by atoms with Crippen molar-refractivity contribution in [2.45, 2.75) is 13.0 Å². The van der Waals surface area contributed by atoms with Crippen LogP contribution in [0.25, 0.3) is 10.8 Å². The van der Waals surface area contributed by atoms with Gasteiger partial charge in [-0.25, -0.2) is 4.57 Å². The minimum absolute atomic E-state index is 0.901. The number of benzene rings is 2. The van der Waals surface area contributed by atoms with E-state index in [4.69, 9.17) is 4.74 Å². The number of fused-ring (bicyclic) bond motifs is 1. The van der Waals surface area contributed by atoms with Crippen molar-refractivity contribution in [1.82, 2.24) is 0 Å². The second-order valence-corrected chi connectivity index (χ2v) is 4.91. The van der Waals surface area contributed by atoms with Crippen molar-refractivity contribution in [1.29, 1.82) is 0 Å². The minimum atomic E-state index is 0.901. The largest absolute Gasteiger partial charge is 0.497 e. The lowest BCUT2D eigenvalue weighted by atomic mass is 10.1. The molecule has 1 aromatic heterocycles. The smallest absolute Gasteiger partial charge is 0.176 e. The summed E-state index contributed by atoms with van der Waals surface area (Å²) in [5, 5.41) is 2.45. The van der Waals surface area contributed by atoms with Crippen LogP contribution in [-0.2, 0) is 13.0 Å². The maximum Gasteiger partial charge on any atom is 0.176 e. The molecule has 20 heavy (non-hydrogen) atoms. The number of hydrogen-bond donors (Lipinski definition) is 0. The number of aromatic nitrogens is 1. The van der Waals surface area contributed by atoms with Crippen molar-refractivity contribution in [3.63, 3.8) is 0 Å². The summed E-state index contributed by atoms with van der Waals surface area (Å²) in [6.45, 7) is 0.983. The Kier molecular flexibility index (Phi) is 3.64. The van der Waals surface area contributed by atoms with Gasteiger partial charge in [0.05, 0.1) is 7.11 Å². The maximum absolute atomic E-state index is 5.28. The van der Waals surface area contributed by atoms with Crippen LogP contribution in [-0.4, -0.2) is 7.11 Å². The zero-order valence-electron chi connectivity index (χ0n) is 11.6. The Balaban J connectivity index is 1.81. The fourth-order valence-electron chi connectivity index (χ4n) is 2.38. The first kappa shape index (κ1) is 12.7. The van der Waals surface area contributed by atoms with E-state index in [2.05, 4.69) is 65.5 Å². The molecule has 0 aliphatic heterocycles. The lowest BCUT2D eigenvalue weighted by Crippen LogP contribution is -2.33. The molecular weight excluding hydrogens is 246 g/mol. The van der Waals surface area contributed by atoms with E-state index < -0.39 is 0 Å². The van der Waals surface area contributed by atoms with Crippen molar-refractivity contribution in [2.24, 2.45) is 0 Å². The molecule has 0 aliphatic carbocycles. The highest BCUT2D eigenvalue weighted by molar-refractivity contribution is 5.82. The summed E-state index contributed by atoms with van der Waals surface area (Å²) in [7, 11) is 1.70. The molecule has 2 heteroatoms. The lowest BCUT2D eigenvalue weighted by Gasteiger charge is -2.03. The number of nitrogens with zero attached hydrogens (tertiary/aromatic N) is 1. The molecule has 1 heterocycles. The van der Waals surface area contributed by atoms with Gasteiger partial charge in [-0.2, -0.15) is 0 Å². The summed E-state index contributed by atoms with van der Waals surface area (Å²) >= 11 is 0. The predicted octanol–water partition coefficient (Wildman–Crippen LogP) is 3.38. The van der Waals surface area contributed by atoms with Gasteiger partial charge >= 0.3 is 0 Å². The van der Waals surface area contributed by atoms with E-state index in [1.54, 1.807) is 7.11 Å². The molecule has 2 aromatic carbocycles. The van der Waals surface area contributed by atoms with E-state index in [9.17, 15) is 0 Å². The first-order valence-corrected chi connectivity index (χ1v) is 6.86. The van der Waals surface area contributed by atoms with Crippen LogP contribution in [0.5, 0.6) is 5.75 Å². The zero-order chi connectivity index (χ0) is 13.8. The molecular formula is C18H18NO+. The highest BCUT2D eigenvalue weighted by atomic mass is 16.5. The average Bonchev–Trinajstić information content (AvgIpc) is 2.53. The molecule has 0 radical (unpaired) electrons. The third kappa shape index (κ3) is 2.80. The monoisotopic (exact) mass is 264 g/mol. The highest BCUT2D eigenvalue weighted by Crippen LogP contribution is 2.18. The first-order chi connectivity index (χ1) is 9.85. The molecule has 0 atom stereocenters. The summed E-state index contributed by atoms with van der Waals surface area (Å²) in [4.78, 5) is 0. The van der Waals surface area contributed by atoms with Crippen LogP contribution < -0.4 is 9.30 Å². The Hall–Kier alpha value is -2.35. The van der Waals surface area contributed by atoms with Crippen molar-refractivity contribution >= 4 is 10.8 Å². The summed E-state index contributed by atoms with van der Waals surface area (Å²) in [5.74, 6) is 0.901. The number of ether oxygens (including phenoxy) is 1. The second kappa shape index (κ2) is 5.74. The van der Waals surface area contributed by atoms with Crippen LogP contribution in [0, 0.1) is 0 Å². The fraction of sp³-hybridized carbons (Fsp3) is 0.167. The van der Waals surface area contributed by atoms with Crippen LogP contribution >= 0.6 is 0 Å². The Morgan fingerprint density at radius 1 is 0.950 bits per heavy atom. The summed E-state index contributed by atoms with van der Waals surface area (Å²) < 4.78 is 7.51. The molecule has 0 fully saturated rings. The summed E-state index contributed by atoms with van der Waals surface area (Å²) in [5.41, 5.74) is 1.37. The van der Waals surface area contributed by atoms with Crippen LogP contribution in [0.4, 0.5) is 0 Å². The van der Waals surface area contributed by atoms with E-state index >= 15 is 0 Å². The van der Waals surface area contributed by atoms with Crippen molar-refractivity contribution in [3.8, 4) is 5.75 Å². The van der Waals surface area contributed by atoms with Gasteiger partial charge in [0.2, 0.25) is 0 Å². The van der Waals surface area contributed by atoms with Crippen LogP contribution in [0.3, 0.4) is 0 Å². The molecule has 0 unspecified atom stereocenters. The van der Waals surface area contributed by atoms with Crippen LogP contribution in [0.15, 0.2) is 67.0 Å². The zero-order valence-corrected chi connectivity index (χ0v) is 11.6. The number of methoxy groups -OCH3 is 1. The average molecular weight is 264 g/mol. The van der Waals surface area contributed by atoms with Gasteiger partial charge in [-0.05, 0) is 23.1 Å². The number of hydrogen-bond acceptors (Lipinski definition) is 1. The summed E-state index contributed by atoms with van der Waals surface area (Å²) in [6.07, 6.45) is 5.36. The standard InChI is InChI=1S/C18H18NO/c1-20-18-8-7-16-10-12-19(14-17(16)13-18)11-9-15-5-3-2-4-6-15/h2-8,10,12-14H,9,11H2,1H3/q+1. The summed E-state index contributed by atoms with van der Waals surface area (Å²) in [6, 6.07) is 18.9. The third-order valence-electron chi connectivity index (χ3n) is 3.55. The Morgan fingerprint density at radius 2 is 1.80 bits per heavy atom. The second-order valence-electron chi connectivity index (χ2n) is 4.91. The minimum Gasteiger partial charge on any atom is -0.497 e. The number of aryl methyl sites for hydroxylation is 2. The molecule has 0 saturated carbocycles. The van der Waals surface area contributed by atoms with E-state index in [1.807, 2.05) is 6.07 Å². The SMILES string of the molecule is COc1ccc2cc[n+](CCc3ccccc3)cc2c1. The van der Waals surface area contributed by atoms with Crippen molar-refractivity contribution in [3.05, 3.63) is 72.6 Å². The molecule has 2 nitrogen and oxygen atoms in total. The normalized spacial score (nSPS) is 10.7. The molecule has 3 rings (SSSR count). The van der Waals surface area contributed by atoms with Crippen molar-refractivity contribution in [2.75, 3.05) is 7.11 Å². The molecule has 0 N–H and O–H groups in total. The van der Waals surface area contributed by atoms with Crippen LogP contribution in [0.2, 0.25) is 0 Å². The molecule has 3 aromatic rings. The molecule has 0 saturated heterocycles. The molecule has 100 valence electrons. The van der Waals surface area contributed by atoms with Gasteiger partial charge in [0.15, 0.2) is 18.9 Å². The van der Waals surface area contributed by atoms with E-state index in [1.165, 1.54) is 16.3 Å². The molecule has 0 bridgehead atoms. The topological polar surface area (TPSA) is 13.1 Å². The van der Waals surface area contributed by atoms with Gasteiger partial charge in [-0.1, -0.05) is 36.4 Å². The van der Waals surface area contributed by atoms with Crippen LogP contribution in [0.1, 0.15) is 5.56 Å². The van der Waals surface area contributed by atoms with E-state index in [-0.39, 0.29) is 0 Å².